The second-order valence-electron chi connectivity index (χ2n) is 35.4. The molecule has 0 bridgehead atoms. The van der Waals surface area contributed by atoms with Crippen LogP contribution in [0.4, 0.5) is 18.9 Å². The van der Waals surface area contributed by atoms with Crippen LogP contribution in [0, 0.1) is 24.4 Å². The number of para-hydroxylation sites is 1. The predicted molar refractivity (Wildman–Crippen MR) is 582 cm³/mol. The Morgan fingerprint density at radius 3 is 1.13 bits per heavy atom. The highest BCUT2D eigenvalue weighted by atomic mass is 79.9. The third kappa shape index (κ3) is 30.9. The molecule has 31 heteroatoms. The van der Waals surface area contributed by atoms with E-state index in [1.165, 1.54) is 104 Å². The fourth-order valence-corrected chi connectivity index (χ4v) is 17.6. The standard InChI is InChI=1S/C15H15Br2NO2.C12H11NO2.2C12H13NO2.2C12H11NO.2C11H10FNO2.C11H8FNO.C11H9NO/c1-2-6-12(19)13-14(17)11(9-16)18(15(13)20)10-7-4-3-5-8-10;1-8-11(7-12(14)13-8)9-3-5-10(15-2)6-4-9;1-8-4-3-5-9(6-8)10-7-11(14)13-12(10,2)15;1-12(15)10(8-11(14)13-12)7-9-5-3-2-4-6-9;1-9-11(8-12(14)13(9)2)10-6-4-3-5-7-10;1-9-11(8-12(14)13-9)7-10-5-3-2-4-6-10;1-11(15)9(6-10(14)13-11)7-2-4-8(12)5-3-7;1-11(15)9(6-10(14)13-11)7-3-2-4-8(12)5-7;1-7-10(6-11(14)13-7)8-2-4-9(12)5-3-8;1-8-10(7-11(13)12-8)9-5-3-2-4-6-9/h3-5,7-9,12,19H,2,6H2,1H3;3-7H,1H2,2H3,(H,13,14);3-7,15H,1-2H3,(H,13,14);2-6,8,15H,7H2,1H3,(H,13,14);3-8H,1H2,2H3;2-6,8H,1,7H2,(H,13,14);2*2-6,15H,1H3,(H,13,14);2-6H,1H2,(H,13,14);2-7H,1H2,(H,12,13)/b11-9-;;;;;;;;;. The van der Waals surface area contributed by atoms with Crippen molar-refractivity contribution in [3.63, 3.8) is 0 Å². The molecule has 10 amide bonds. The van der Waals surface area contributed by atoms with Crippen molar-refractivity contribution in [3.05, 3.63) is 494 Å². The van der Waals surface area contributed by atoms with Crippen LogP contribution < -0.4 is 52.2 Å². The maximum Gasteiger partial charge on any atom is 0.262 e. The number of amides is 10. The van der Waals surface area contributed by atoms with E-state index in [0.29, 0.717) is 79.1 Å². The molecule has 20 rings (SSSR count). The number of aliphatic hydroxyl groups is 5. The van der Waals surface area contributed by atoms with E-state index in [1.54, 1.807) is 85.3 Å². The third-order valence-electron chi connectivity index (χ3n) is 23.7. The molecule has 10 aliphatic heterocycles. The molecule has 0 fully saturated rings. The van der Waals surface area contributed by atoms with E-state index in [1.807, 2.05) is 214 Å². The number of methoxy groups -OCH3 is 1. The molecule has 10 aliphatic rings. The Morgan fingerprint density at radius 1 is 0.400 bits per heavy atom. The number of anilines is 1. The highest BCUT2D eigenvalue weighted by Gasteiger charge is 2.41. The molecule has 10 aromatic rings. The fourth-order valence-electron chi connectivity index (χ4n) is 16.1. The number of carbonyl (C=O) groups excluding carboxylic acids is 10. The van der Waals surface area contributed by atoms with Gasteiger partial charge in [0.1, 0.15) is 23.2 Å². The van der Waals surface area contributed by atoms with E-state index < -0.39 is 34.8 Å². The van der Waals surface area contributed by atoms with Crippen LogP contribution in [0.15, 0.2) is 421 Å². The Bertz CT molecular complexity index is 7170. The number of ether oxygens (including phenoxy) is 1. The van der Waals surface area contributed by atoms with Crippen molar-refractivity contribution < 1.29 is 91.4 Å². The zero-order valence-electron chi connectivity index (χ0n) is 83.2. The molecule has 5 unspecified atom stereocenters. The van der Waals surface area contributed by atoms with Gasteiger partial charge in [0.2, 0.25) is 47.3 Å². The second-order valence-corrected chi connectivity index (χ2v) is 36.6. The van der Waals surface area contributed by atoms with Gasteiger partial charge in [-0.3, -0.25) is 52.8 Å². The lowest BCUT2D eigenvalue weighted by molar-refractivity contribution is -0.122. The first-order valence-corrected chi connectivity index (χ1v) is 48.5. The van der Waals surface area contributed by atoms with Crippen LogP contribution >= 0.6 is 31.9 Å². The SMILES string of the molecule is C=C1C(c2ccccc2)=CC(=O)N1C.C=C1NC(=O)C=C1Cc1ccccc1.C=C1NC(=O)C=C1c1ccc(F)cc1.C=C1NC(=O)C=C1c1ccc(OC)cc1.C=C1NC(=O)C=C1c1ccccc1.CC1(O)NC(=O)C=C1Cc1ccccc1.CC1(O)NC(=O)C=C1c1ccc(F)cc1.CC1(O)NC(=O)C=C1c1cccc(F)c1.CCCC(O)C1=C(Br)/C(=C/Br)N(c2ccccc2)C1=O.Cc1cccc(C2=CC(=O)NC2(C)O)c1. The van der Waals surface area contributed by atoms with Gasteiger partial charge >= 0.3 is 0 Å². The Balaban J connectivity index is 0.000000158. The maximum atomic E-state index is 13.0. The Hall–Kier alpha value is -16.9. The average molecular weight is 2150 g/mol. The number of benzene rings is 10. The largest absolute Gasteiger partial charge is 0.497 e. The number of nitrogens with zero attached hydrogens (tertiary/aromatic N) is 2. The van der Waals surface area contributed by atoms with Gasteiger partial charge in [-0.25, -0.2) is 13.2 Å². The van der Waals surface area contributed by atoms with Crippen LogP contribution in [-0.2, 0) is 60.8 Å². The zero-order chi connectivity index (χ0) is 109. The molecule has 5 atom stereocenters. The molecule has 10 aromatic carbocycles. The number of rotatable bonds is 16. The minimum absolute atomic E-state index is 0.00569. The number of aliphatic hydroxyl groups excluding tert-OH is 1. The van der Waals surface area contributed by atoms with Gasteiger partial charge in [-0.15, -0.1) is 0 Å². The average Bonchev–Trinajstić information content (AvgIpc) is 1.65. The van der Waals surface area contributed by atoms with Crippen molar-refractivity contribution in [1.82, 2.24) is 47.4 Å². The van der Waals surface area contributed by atoms with Gasteiger partial charge in [0.25, 0.3) is 11.8 Å². The minimum Gasteiger partial charge on any atom is -0.497 e. The molecular weight excluding hydrogens is 2040 g/mol. The number of nitrogens with one attached hydrogen (secondary N) is 8. The van der Waals surface area contributed by atoms with Gasteiger partial charge in [0.15, 0.2) is 22.9 Å². The van der Waals surface area contributed by atoms with Gasteiger partial charge in [-0.05, 0) is 192 Å². The zero-order valence-corrected chi connectivity index (χ0v) is 86.4. The molecule has 0 saturated heterocycles. The molecule has 150 heavy (non-hydrogen) atoms. The van der Waals surface area contributed by atoms with Crippen LogP contribution in [0.2, 0.25) is 0 Å². The summed E-state index contributed by atoms with van der Waals surface area (Å²) in [5, 5.41) is 70.0. The van der Waals surface area contributed by atoms with Gasteiger partial charge in [0, 0.05) is 140 Å². The lowest BCUT2D eigenvalue weighted by Gasteiger charge is -2.21. The van der Waals surface area contributed by atoms with Crippen LogP contribution in [0.25, 0.3) is 39.0 Å². The summed E-state index contributed by atoms with van der Waals surface area (Å²) in [4.78, 5) is 117. The number of carbonyl (C=O) groups is 10. The summed E-state index contributed by atoms with van der Waals surface area (Å²) in [6.45, 7) is 28.9. The smallest absolute Gasteiger partial charge is 0.262 e. The Labute approximate surface area is 883 Å². The maximum absolute atomic E-state index is 13.0. The lowest BCUT2D eigenvalue weighted by atomic mass is 9.97. The number of hydrogen-bond donors (Lipinski definition) is 13. The van der Waals surface area contributed by atoms with Crippen molar-refractivity contribution in [2.45, 2.75) is 96.2 Å². The summed E-state index contributed by atoms with van der Waals surface area (Å²) in [7, 11) is 3.35. The Morgan fingerprint density at radius 2 is 0.767 bits per heavy atom. The van der Waals surface area contributed by atoms with Crippen LogP contribution in [-0.4, -0.2) is 133 Å². The number of hydrogen-bond acceptors (Lipinski definition) is 16. The number of likely N-dealkylation sites (N-methyl/N-ethyl adjacent to an activating group) is 1. The summed E-state index contributed by atoms with van der Waals surface area (Å²) < 4.78 is 44.0. The molecule has 13 N–H and O–H groups in total. The second kappa shape index (κ2) is 51.4. The van der Waals surface area contributed by atoms with E-state index in [0.717, 1.165) is 102 Å². The first-order valence-electron chi connectivity index (χ1n) is 46.8. The van der Waals surface area contributed by atoms with Gasteiger partial charge in [0.05, 0.1) is 29.0 Å². The molecule has 0 radical (unpaired) electrons. The summed E-state index contributed by atoms with van der Waals surface area (Å²) in [5.41, 5.74) is 15.6. The molecule has 0 saturated carbocycles. The predicted octanol–water partition coefficient (Wildman–Crippen LogP) is 17.5. The Kier molecular flexibility index (Phi) is 38.9. The summed E-state index contributed by atoms with van der Waals surface area (Å²) in [6, 6.07) is 81.2. The van der Waals surface area contributed by atoms with Crippen LogP contribution in [0.1, 0.15) is 103 Å². The number of halogens is 5. The van der Waals surface area contributed by atoms with E-state index in [2.05, 4.69) is 107 Å². The molecule has 0 aliphatic carbocycles. The van der Waals surface area contributed by atoms with Crippen LogP contribution in [0.5, 0.6) is 5.75 Å². The van der Waals surface area contributed by atoms with E-state index >= 15 is 0 Å². The monoisotopic (exact) mass is 2150 g/mol. The van der Waals surface area contributed by atoms with Crippen molar-refractivity contribution >= 4 is 136 Å². The third-order valence-corrected chi connectivity index (χ3v) is 24.9. The highest BCUT2D eigenvalue weighted by Crippen LogP contribution is 2.41. The molecule has 10 heterocycles. The number of aryl methyl sites for hydroxylation is 1. The first kappa shape index (κ1) is 113. The summed E-state index contributed by atoms with van der Waals surface area (Å²) in [5.74, 6) is -2.12. The molecule has 26 nitrogen and oxygen atoms in total. The van der Waals surface area contributed by atoms with Gasteiger partial charge < -0.3 is 77.7 Å². The molecule has 0 spiro atoms. The fraction of sp³-hybridized carbons (Fsp3) is 0.143. The van der Waals surface area contributed by atoms with E-state index in [-0.39, 0.29) is 70.7 Å². The van der Waals surface area contributed by atoms with Crippen molar-refractivity contribution in [1.29, 1.82) is 0 Å². The van der Waals surface area contributed by atoms with Crippen molar-refractivity contribution in [2.75, 3.05) is 19.1 Å². The van der Waals surface area contributed by atoms with E-state index in [9.17, 15) is 86.6 Å². The topological polar surface area (TPSA) is 384 Å². The van der Waals surface area contributed by atoms with E-state index in [4.69, 9.17) is 4.74 Å². The lowest BCUT2D eigenvalue weighted by Crippen LogP contribution is -2.41. The molecule has 768 valence electrons. The first-order chi connectivity index (χ1) is 71.2. The normalized spacial score (nSPS) is 19.7. The molecular formula is C119H111Br2F3N10O16. The highest BCUT2D eigenvalue weighted by molar-refractivity contribution is 9.12. The minimum atomic E-state index is -1.43. The van der Waals surface area contributed by atoms with Gasteiger partial charge in [-0.1, -0.05) is 280 Å². The molecule has 0 aromatic heterocycles. The van der Waals surface area contributed by atoms with Crippen molar-refractivity contribution in [2.24, 2.45) is 0 Å². The van der Waals surface area contributed by atoms with Crippen LogP contribution in [0.3, 0.4) is 0 Å². The summed E-state index contributed by atoms with van der Waals surface area (Å²) in [6.07, 6.45) is 15.3. The summed E-state index contributed by atoms with van der Waals surface area (Å²) >= 11 is 6.73. The van der Waals surface area contributed by atoms with Crippen molar-refractivity contribution in [3.8, 4) is 5.75 Å². The quantitative estimate of drug-likeness (QED) is 0.0427. The van der Waals surface area contributed by atoms with Gasteiger partial charge in [-0.2, -0.15) is 0 Å². The number of allylic oxidation sites excluding steroid dienone is 6.